The summed E-state index contributed by atoms with van der Waals surface area (Å²) in [7, 11) is 0. The maximum absolute atomic E-state index is 5.77. The molecule has 1 rings (SSSR count). The molecule has 0 aliphatic heterocycles. The van der Waals surface area contributed by atoms with Crippen LogP contribution in [0.2, 0.25) is 5.02 Å². The Labute approximate surface area is 97.1 Å². The largest absolute Gasteiger partial charge is 0.308 e. The van der Waals surface area contributed by atoms with Crippen molar-refractivity contribution >= 4 is 11.6 Å². The fourth-order valence-electron chi connectivity index (χ4n) is 1.60. The molecular formula is C12H19ClN2. The molecule has 0 radical (unpaired) electrons. The maximum Gasteiger partial charge on any atom is 0.0589 e. The van der Waals surface area contributed by atoms with Crippen molar-refractivity contribution < 1.29 is 0 Å². The second-order valence-electron chi connectivity index (χ2n) is 4.11. The summed E-state index contributed by atoms with van der Waals surface area (Å²) < 4.78 is 0. The molecule has 3 heteroatoms. The van der Waals surface area contributed by atoms with E-state index in [4.69, 9.17) is 11.6 Å². The van der Waals surface area contributed by atoms with E-state index in [1.807, 2.05) is 12.1 Å². The predicted octanol–water partition coefficient (Wildman–Crippen LogP) is 3.26. The first-order valence-corrected chi connectivity index (χ1v) is 5.85. The second kappa shape index (κ2) is 6.09. The molecule has 1 unspecified atom stereocenters. The minimum absolute atomic E-state index is 0.558. The Morgan fingerprint density at radius 3 is 2.60 bits per heavy atom. The van der Waals surface area contributed by atoms with Gasteiger partial charge >= 0.3 is 0 Å². The van der Waals surface area contributed by atoms with E-state index in [9.17, 15) is 0 Å². The molecule has 1 heterocycles. The molecule has 0 spiro atoms. The summed E-state index contributed by atoms with van der Waals surface area (Å²) in [6.45, 7) is 7.48. The van der Waals surface area contributed by atoms with Crippen LogP contribution in [0.25, 0.3) is 0 Å². The van der Waals surface area contributed by atoms with Crippen LogP contribution in [0.5, 0.6) is 0 Å². The number of nitrogens with one attached hydrogen (secondary N) is 1. The SMILES string of the molecule is CCC(NCc1ccc(Cl)cn1)C(C)C. The van der Waals surface area contributed by atoms with E-state index >= 15 is 0 Å². The molecule has 0 aromatic carbocycles. The second-order valence-corrected chi connectivity index (χ2v) is 4.54. The normalized spacial score (nSPS) is 13.1. The Hall–Kier alpha value is -0.600. The number of hydrogen-bond acceptors (Lipinski definition) is 2. The molecule has 1 aromatic heterocycles. The summed E-state index contributed by atoms with van der Waals surface area (Å²) in [6.07, 6.45) is 2.83. The maximum atomic E-state index is 5.77. The smallest absolute Gasteiger partial charge is 0.0589 e. The molecule has 0 bridgehead atoms. The van der Waals surface area contributed by atoms with Crippen LogP contribution in [0.3, 0.4) is 0 Å². The number of halogens is 1. The number of pyridine rings is 1. The Kier molecular flexibility index (Phi) is 5.06. The Morgan fingerprint density at radius 1 is 1.40 bits per heavy atom. The quantitative estimate of drug-likeness (QED) is 0.834. The van der Waals surface area contributed by atoms with Crippen molar-refractivity contribution in [2.75, 3.05) is 0 Å². The van der Waals surface area contributed by atoms with E-state index in [0.717, 1.165) is 18.7 Å². The van der Waals surface area contributed by atoms with E-state index < -0.39 is 0 Å². The highest BCUT2D eigenvalue weighted by Crippen LogP contribution is 2.08. The molecule has 0 saturated heterocycles. The molecule has 1 aromatic rings. The zero-order valence-electron chi connectivity index (χ0n) is 9.63. The number of aromatic nitrogens is 1. The van der Waals surface area contributed by atoms with Crippen molar-refractivity contribution in [3.8, 4) is 0 Å². The number of hydrogen-bond donors (Lipinski definition) is 1. The molecule has 0 aliphatic carbocycles. The van der Waals surface area contributed by atoms with Gasteiger partial charge in [0.15, 0.2) is 0 Å². The van der Waals surface area contributed by atoms with Crippen LogP contribution in [0, 0.1) is 5.92 Å². The van der Waals surface area contributed by atoms with Crippen molar-refractivity contribution in [1.82, 2.24) is 10.3 Å². The van der Waals surface area contributed by atoms with Gasteiger partial charge in [0.05, 0.1) is 10.7 Å². The Morgan fingerprint density at radius 2 is 2.13 bits per heavy atom. The van der Waals surface area contributed by atoms with Crippen molar-refractivity contribution in [3.05, 3.63) is 29.0 Å². The third kappa shape index (κ3) is 4.18. The van der Waals surface area contributed by atoms with Gasteiger partial charge < -0.3 is 5.32 Å². The Balaban J connectivity index is 2.45. The summed E-state index contributed by atoms with van der Waals surface area (Å²) in [5, 5.41) is 4.19. The van der Waals surface area contributed by atoms with Crippen LogP contribution < -0.4 is 5.32 Å². The van der Waals surface area contributed by atoms with Gasteiger partial charge in [0.1, 0.15) is 0 Å². The van der Waals surface area contributed by atoms with Crippen molar-refractivity contribution in [3.63, 3.8) is 0 Å². The monoisotopic (exact) mass is 226 g/mol. The lowest BCUT2D eigenvalue weighted by atomic mass is 10.0. The van der Waals surface area contributed by atoms with E-state index in [1.165, 1.54) is 0 Å². The van der Waals surface area contributed by atoms with E-state index in [2.05, 4.69) is 31.1 Å². The van der Waals surface area contributed by atoms with Gasteiger partial charge in [-0.1, -0.05) is 32.4 Å². The third-order valence-corrected chi connectivity index (χ3v) is 2.80. The predicted molar refractivity (Wildman–Crippen MR) is 65.0 cm³/mol. The van der Waals surface area contributed by atoms with Gasteiger partial charge in [-0.2, -0.15) is 0 Å². The highest BCUT2D eigenvalue weighted by molar-refractivity contribution is 6.30. The zero-order chi connectivity index (χ0) is 11.3. The number of rotatable bonds is 5. The van der Waals surface area contributed by atoms with Crippen molar-refractivity contribution in [1.29, 1.82) is 0 Å². The summed E-state index contributed by atoms with van der Waals surface area (Å²) in [5.74, 6) is 0.655. The van der Waals surface area contributed by atoms with Crippen LogP contribution in [-0.4, -0.2) is 11.0 Å². The minimum Gasteiger partial charge on any atom is -0.308 e. The lowest BCUT2D eigenvalue weighted by Gasteiger charge is -2.20. The first-order chi connectivity index (χ1) is 7.13. The molecule has 0 amide bonds. The van der Waals surface area contributed by atoms with Gasteiger partial charge in [-0.3, -0.25) is 4.98 Å². The first kappa shape index (κ1) is 12.5. The van der Waals surface area contributed by atoms with E-state index in [1.54, 1.807) is 6.20 Å². The summed E-state index contributed by atoms with van der Waals surface area (Å²) in [5.41, 5.74) is 1.04. The van der Waals surface area contributed by atoms with Gasteiger partial charge in [0.2, 0.25) is 0 Å². The molecule has 0 saturated carbocycles. The minimum atomic E-state index is 0.558. The average Bonchev–Trinajstić information content (AvgIpc) is 2.21. The summed E-state index contributed by atoms with van der Waals surface area (Å²) >= 11 is 5.77. The van der Waals surface area contributed by atoms with Gasteiger partial charge in [-0.15, -0.1) is 0 Å². The fraction of sp³-hybridized carbons (Fsp3) is 0.583. The summed E-state index contributed by atoms with van der Waals surface area (Å²) in [6, 6.07) is 4.40. The van der Waals surface area contributed by atoms with Gasteiger partial charge in [-0.05, 0) is 24.5 Å². The molecule has 0 fully saturated rings. The van der Waals surface area contributed by atoms with E-state index in [-0.39, 0.29) is 0 Å². The van der Waals surface area contributed by atoms with Crippen LogP contribution in [0.4, 0.5) is 0 Å². The van der Waals surface area contributed by atoms with Gasteiger partial charge in [0.25, 0.3) is 0 Å². The fourth-order valence-corrected chi connectivity index (χ4v) is 1.71. The topological polar surface area (TPSA) is 24.9 Å². The van der Waals surface area contributed by atoms with Crippen LogP contribution in [0.15, 0.2) is 18.3 Å². The van der Waals surface area contributed by atoms with Crippen LogP contribution in [0.1, 0.15) is 32.9 Å². The van der Waals surface area contributed by atoms with Crippen molar-refractivity contribution in [2.45, 2.75) is 39.8 Å². The molecular weight excluding hydrogens is 208 g/mol. The van der Waals surface area contributed by atoms with E-state index in [0.29, 0.717) is 17.0 Å². The molecule has 1 N–H and O–H groups in total. The molecule has 2 nitrogen and oxygen atoms in total. The van der Waals surface area contributed by atoms with Crippen LogP contribution in [-0.2, 0) is 6.54 Å². The van der Waals surface area contributed by atoms with Gasteiger partial charge in [-0.25, -0.2) is 0 Å². The molecule has 15 heavy (non-hydrogen) atoms. The third-order valence-electron chi connectivity index (χ3n) is 2.58. The lowest BCUT2D eigenvalue weighted by Crippen LogP contribution is -2.32. The highest BCUT2D eigenvalue weighted by Gasteiger charge is 2.09. The average molecular weight is 227 g/mol. The zero-order valence-corrected chi connectivity index (χ0v) is 10.4. The van der Waals surface area contributed by atoms with Crippen molar-refractivity contribution in [2.24, 2.45) is 5.92 Å². The number of nitrogens with zero attached hydrogens (tertiary/aromatic N) is 1. The molecule has 1 atom stereocenters. The van der Waals surface area contributed by atoms with Crippen LogP contribution >= 0.6 is 11.6 Å². The lowest BCUT2D eigenvalue weighted by molar-refractivity contribution is 0.385. The molecule has 84 valence electrons. The molecule has 0 aliphatic rings. The van der Waals surface area contributed by atoms with Gasteiger partial charge in [0, 0.05) is 18.8 Å². The first-order valence-electron chi connectivity index (χ1n) is 5.47. The highest BCUT2D eigenvalue weighted by atomic mass is 35.5. The standard InChI is InChI=1S/C12H19ClN2/c1-4-12(9(2)3)15-8-11-6-5-10(13)7-14-11/h5-7,9,12,15H,4,8H2,1-3H3. The Bertz CT molecular complexity index is 282. The summed E-state index contributed by atoms with van der Waals surface area (Å²) in [4.78, 5) is 4.25.